The summed E-state index contributed by atoms with van der Waals surface area (Å²) in [6, 6.07) is 1.86. The number of nitrogens with one attached hydrogen (secondary N) is 1. The molecule has 3 N–H and O–H groups in total. The third-order valence-corrected chi connectivity index (χ3v) is 4.34. The summed E-state index contributed by atoms with van der Waals surface area (Å²) in [6.07, 6.45) is 2.12. The molecule has 3 heterocycles. The van der Waals surface area contributed by atoms with Crippen LogP contribution in [0, 0.1) is 12.3 Å². The van der Waals surface area contributed by atoms with Gasteiger partial charge in [0.15, 0.2) is 5.65 Å². The second-order valence-corrected chi connectivity index (χ2v) is 5.89. The molecule has 0 atom stereocenters. The Morgan fingerprint density at radius 3 is 2.80 bits per heavy atom. The van der Waals surface area contributed by atoms with Gasteiger partial charge in [0.25, 0.3) is 0 Å². The Kier molecular flexibility index (Phi) is 3.01. The van der Waals surface area contributed by atoms with E-state index in [2.05, 4.69) is 27.0 Å². The lowest BCUT2D eigenvalue weighted by molar-refractivity contribution is 0.258. The summed E-state index contributed by atoms with van der Waals surface area (Å²) < 4.78 is 1.48. The molecule has 0 saturated carbocycles. The van der Waals surface area contributed by atoms with E-state index >= 15 is 0 Å². The molecule has 0 spiro atoms. The quantitative estimate of drug-likeness (QED) is 0.822. The summed E-state index contributed by atoms with van der Waals surface area (Å²) in [7, 11) is 0. The van der Waals surface area contributed by atoms with E-state index < -0.39 is 0 Å². The summed E-state index contributed by atoms with van der Waals surface area (Å²) in [6.45, 7) is 6.65. The fourth-order valence-electron chi connectivity index (χ4n) is 2.72. The van der Waals surface area contributed by atoms with Gasteiger partial charge >= 0.3 is 5.69 Å². The number of anilines is 1. The molecule has 2 aromatic rings. The Balaban J connectivity index is 1.90. The standard InChI is InChI=1S/C13H20N6O/c1-9-15-10(7-11-16-17-12(20)19(9)11)18-5-3-13(2,8-14)4-6-18/h7H,3-6,8,14H2,1-2H3,(H,17,20). The topological polar surface area (TPSA) is 92.3 Å². The summed E-state index contributed by atoms with van der Waals surface area (Å²) in [4.78, 5) is 18.4. The van der Waals surface area contributed by atoms with E-state index in [0.717, 1.165) is 38.3 Å². The predicted octanol–water partition coefficient (Wildman–Crippen LogP) is 0.291. The first-order chi connectivity index (χ1) is 9.52. The molecule has 0 aromatic carbocycles. The minimum atomic E-state index is -0.245. The van der Waals surface area contributed by atoms with Gasteiger partial charge in [-0.25, -0.2) is 19.3 Å². The Morgan fingerprint density at radius 1 is 1.45 bits per heavy atom. The first-order valence-corrected chi connectivity index (χ1v) is 6.92. The lowest BCUT2D eigenvalue weighted by Crippen LogP contribution is -2.42. The highest BCUT2D eigenvalue weighted by Crippen LogP contribution is 2.31. The summed E-state index contributed by atoms with van der Waals surface area (Å²) >= 11 is 0. The van der Waals surface area contributed by atoms with Crippen LogP contribution < -0.4 is 16.3 Å². The SMILES string of the molecule is Cc1nc(N2CCC(C)(CN)CC2)cc2n[nH]c(=O)n12. The zero-order chi connectivity index (χ0) is 14.3. The number of aryl methyl sites for hydroxylation is 1. The van der Waals surface area contributed by atoms with E-state index in [9.17, 15) is 4.79 Å². The van der Waals surface area contributed by atoms with E-state index in [1.807, 2.05) is 13.0 Å². The van der Waals surface area contributed by atoms with E-state index in [1.165, 1.54) is 4.40 Å². The van der Waals surface area contributed by atoms with Crippen LogP contribution in [0.4, 0.5) is 5.82 Å². The van der Waals surface area contributed by atoms with Crippen molar-refractivity contribution in [3.63, 3.8) is 0 Å². The molecule has 1 aliphatic heterocycles. The molecule has 0 unspecified atom stereocenters. The van der Waals surface area contributed by atoms with Crippen molar-refractivity contribution in [2.45, 2.75) is 26.7 Å². The maximum absolute atomic E-state index is 11.6. The number of nitrogens with two attached hydrogens (primary N) is 1. The Bertz CT molecular complexity index is 680. The fourth-order valence-corrected chi connectivity index (χ4v) is 2.72. The van der Waals surface area contributed by atoms with Crippen LogP contribution in [0.3, 0.4) is 0 Å². The van der Waals surface area contributed by atoms with Crippen molar-refractivity contribution in [2.75, 3.05) is 24.5 Å². The molecule has 0 aliphatic carbocycles. The number of hydrogen-bond acceptors (Lipinski definition) is 5. The maximum atomic E-state index is 11.6. The lowest BCUT2D eigenvalue weighted by atomic mass is 9.80. The van der Waals surface area contributed by atoms with Crippen molar-refractivity contribution in [1.29, 1.82) is 0 Å². The van der Waals surface area contributed by atoms with Crippen molar-refractivity contribution in [1.82, 2.24) is 19.6 Å². The van der Waals surface area contributed by atoms with E-state index in [0.29, 0.717) is 11.5 Å². The number of fused-ring (bicyclic) bond motifs is 1. The molecule has 7 nitrogen and oxygen atoms in total. The zero-order valence-electron chi connectivity index (χ0n) is 11.9. The van der Waals surface area contributed by atoms with Gasteiger partial charge < -0.3 is 10.6 Å². The lowest BCUT2D eigenvalue weighted by Gasteiger charge is -2.39. The molecule has 0 radical (unpaired) electrons. The number of nitrogens with zero attached hydrogens (tertiary/aromatic N) is 4. The second-order valence-electron chi connectivity index (χ2n) is 5.89. The summed E-state index contributed by atoms with van der Waals surface area (Å²) in [5, 5.41) is 6.47. The normalized spacial score (nSPS) is 18.6. The van der Waals surface area contributed by atoms with Crippen LogP contribution in [-0.2, 0) is 0 Å². The van der Waals surface area contributed by atoms with Crippen LogP contribution in [0.15, 0.2) is 10.9 Å². The van der Waals surface area contributed by atoms with Gasteiger partial charge in [0.05, 0.1) is 0 Å². The number of aromatic nitrogens is 4. The molecule has 108 valence electrons. The van der Waals surface area contributed by atoms with E-state index in [-0.39, 0.29) is 11.1 Å². The molecule has 1 saturated heterocycles. The van der Waals surface area contributed by atoms with Gasteiger partial charge in [-0.05, 0) is 31.7 Å². The van der Waals surface area contributed by atoms with Crippen LogP contribution in [0.2, 0.25) is 0 Å². The Morgan fingerprint density at radius 2 is 2.15 bits per heavy atom. The van der Waals surface area contributed by atoms with Crippen LogP contribution in [0.1, 0.15) is 25.6 Å². The smallest absolute Gasteiger partial charge is 0.349 e. The van der Waals surface area contributed by atoms with Crippen LogP contribution in [0.5, 0.6) is 0 Å². The number of hydrogen-bond donors (Lipinski definition) is 2. The number of aromatic amines is 1. The van der Waals surface area contributed by atoms with Gasteiger partial charge in [-0.15, -0.1) is 0 Å². The first-order valence-electron chi connectivity index (χ1n) is 6.92. The van der Waals surface area contributed by atoms with Crippen LogP contribution >= 0.6 is 0 Å². The third kappa shape index (κ3) is 2.07. The van der Waals surface area contributed by atoms with E-state index in [1.54, 1.807) is 0 Å². The molecule has 1 fully saturated rings. The van der Waals surface area contributed by atoms with Gasteiger partial charge in [0.2, 0.25) is 0 Å². The molecule has 20 heavy (non-hydrogen) atoms. The van der Waals surface area contributed by atoms with Gasteiger partial charge in [0, 0.05) is 19.2 Å². The number of H-pyrrole nitrogens is 1. The number of piperidine rings is 1. The predicted molar refractivity (Wildman–Crippen MR) is 77.0 cm³/mol. The molecule has 7 heteroatoms. The second kappa shape index (κ2) is 4.59. The average Bonchev–Trinajstić information content (AvgIpc) is 2.81. The minimum absolute atomic E-state index is 0.235. The van der Waals surface area contributed by atoms with Crippen molar-refractivity contribution in [2.24, 2.45) is 11.1 Å². The molecule has 2 aromatic heterocycles. The van der Waals surface area contributed by atoms with Crippen LogP contribution in [0.25, 0.3) is 5.65 Å². The van der Waals surface area contributed by atoms with E-state index in [4.69, 9.17) is 5.73 Å². The Labute approximate surface area is 116 Å². The molecule has 0 bridgehead atoms. The highest BCUT2D eigenvalue weighted by atomic mass is 16.1. The van der Waals surface area contributed by atoms with Crippen molar-refractivity contribution >= 4 is 11.5 Å². The van der Waals surface area contributed by atoms with Crippen molar-refractivity contribution < 1.29 is 0 Å². The van der Waals surface area contributed by atoms with Gasteiger partial charge in [-0.3, -0.25) is 0 Å². The Hall–Kier alpha value is -1.89. The van der Waals surface area contributed by atoms with Gasteiger partial charge in [-0.2, -0.15) is 5.10 Å². The summed E-state index contributed by atoms with van der Waals surface area (Å²) in [5.74, 6) is 1.54. The van der Waals surface area contributed by atoms with Gasteiger partial charge in [0.1, 0.15) is 11.6 Å². The molecule has 0 amide bonds. The monoisotopic (exact) mass is 276 g/mol. The van der Waals surface area contributed by atoms with Crippen LogP contribution in [-0.4, -0.2) is 39.2 Å². The minimum Gasteiger partial charge on any atom is -0.356 e. The first kappa shape index (κ1) is 13.1. The third-order valence-electron chi connectivity index (χ3n) is 4.34. The zero-order valence-corrected chi connectivity index (χ0v) is 11.9. The van der Waals surface area contributed by atoms with Crippen molar-refractivity contribution in [3.8, 4) is 0 Å². The largest absolute Gasteiger partial charge is 0.356 e. The fraction of sp³-hybridized carbons (Fsp3) is 0.615. The summed E-state index contributed by atoms with van der Waals surface area (Å²) in [5.41, 5.74) is 6.44. The molecular formula is C13H20N6O. The molecular weight excluding hydrogens is 256 g/mol. The molecule has 1 aliphatic rings. The number of rotatable bonds is 2. The van der Waals surface area contributed by atoms with Crippen molar-refractivity contribution in [3.05, 3.63) is 22.4 Å². The highest BCUT2D eigenvalue weighted by Gasteiger charge is 2.29. The molecule has 3 rings (SSSR count). The maximum Gasteiger partial charge on any atom is 0.349 e. The van der Waals surface area contributed by atoms with Gasteiger partial charge in [-0.1, -0.05) is 6.92 Å². The highest BCUT2D eigenvalue weighted by molar-refractivity contribution is 5.51. The average molecular weight is 276 g/mol.